The molecule has 0 spiro atoms. The Bertz CT molecular complexity index is 3920. The van der Waals surface area contributed by atoms with Crippen LogP contribution in [0.25, 0.3) is 22.3 Å². The minimum absolute atomic E-state index is 0.0961. The van der Waals surface area contributed by atoms with Crippen LogP contribution < -0.4 is 19.6 Å². The molecule has 6 aromatic carbocycles. The van der Waals surface area contributed by atoms with E-state index in [-0.39, 0.29) is 24.3 Å². The fourth-order valence-electron chi connectivity index (χ4n) is 9.72. The molecule has 0 saturated carbocycles. The first-order valence-corrected chi connectivity index (χ1v) is 22.3. The van der Waals surface area contributed by atoms with Crippen molar-refractivity contribution in [3.63, 3.8) is 0 Å². The molecule has 4 aliphatic heterocycles. The van der Waals surface area contributed by atoms with Crippen molar-refractivity contribution in [3.05, 3.63) is 187 Å². The zero-order valence-electron chi connectivity index (χ0n) is 39.6. The van der Waals surface area contributed by atoms with Crippen molar-refractivity contribution >= 4 is 70.0 Å². The van der Waals surface area contributed by atoms with Crippen molar-refractivity contribution in [1.82, 2.24) is 0 Å². The summed E-state index contributed by atoms with van der Waals surface area (Å²) in [5, 5.41) is 0. The summed E-state index contributed by atoms with van der Waals surface area (Å²) in [5.74, 6) is -63.9. The van der Waals surface area contributed by atoms with Gasteiger partial charge in [0.1, 0.15) is 22.7 Å². The van der Waals surface area contributed by atoms with Gasteiger partial charge >= 0.3 is 12.4 Å². The molecule has 0 fully saturated rings. The van der Waals surface area contributed by atoms with Crippen molar-refractivity contribution in [2.75, 3.05) is 19.6 Å². The maximum atomic E-state index is 15.9. The Kier molecular flexibility index (Phi) is 12.9. The quantitative estimate of drug-likeness (QED) is 0.0831. The van der Waals surface area contributed by atoms with Crippen LogP contribution in [-0.4, -0.2) is 59.6 Å². The van der Waals surface area contributed by atoms with Gasteiger partial charge in [-0.3, -0.25) is 38.4 Å². The Labute approximate surface area is 451 Å². The average molecular weight is 1220 g/mol. The van der Waals surface area contributed by atoms with Crippen LogP contribution in [0.15, 0.2) is 60.7 Å². The van der Waals surface area contributed by atoms with Crippen LogP contribution in [0.5, 0.6) is 0 Å². The van der Waals surface area contributed by atoms with Crippen LogP contribution in [0.3, 0.4) is 0 Å². The summed E-state index contributed by atoms with van der Waals surface area (Å²) in [6.45, 7) is 0. The molecule has 6 aromatic rings. The summed E-state index contributed by atoms with van der Waals surface area (Å²) < 4.78 is 343. The van der Waals surface area contributed by atoms with Crippen LogP contribution >= 0.6 is 0 Å². The summed E-state index contributed by atoms with van der Waals surface area (Å²) in [4.78, 5) is 99.5. The molecule has 12 nitrogen and oxygen atoms in total. The Balaban J connectivity index is 1.04. The largest absolute Gasteiger partial charge is 0.411 e. The number of carbonyl (C=O) groups excluding carboxylic acids is 8. The summed E-state index contributed by atoms with van der Waals surface area (Å²) in [7, 11) is 0. The zero-order valence-corrected chi connectivity index (χ0v) is 39.6. The van der Waals surface area contributed by atoms with E-state index in [2.05, 4.69) is 0 Å². The lowest BCUT2D eigenvalue weighted by atomic mass is 9.71. The van der Waals surface area contributed by atoms with Crippen LogP contribution in [0.4, 0.5) is 119 Å². The van der Waals surface area contributed by atoms with E-state index >= 15 is 96.6 Å². The lowest BCUT2D eigenvalue weighted by Gasteiger charge is -2.38. The van der Waals surface area contributed by atoms with E-state index in [1.165, 1.54) is 0 Å². The maximum absolute atomic E-state index is 15.9. The number of nitrogens with zero attached hydrogens (tertiary/aromatic N) is 4. The number of alkyl halides is 6. The number of imide groups is 4. The molecule has 0 atom stereocenters. The monoisotopic (exact) mass is 1220 g/mol. The molecule has 0 saturated heterocycles. The molecular weight excluding hydrogens is 1210 g/mol. The SMILES string of the molecule is O=C1C=CC(=O)N1c1c(F)c(F)c(-c2c(F)c(F)c(N3C(=O)c4ccc(C(c5ccc6c(c5)C(=O)N(c5c(F)c(F)c(-c7c(F)c(F)c(N8C(=O)C=CC8=O)c(F)c7F)c(F)c5F)C6=O)(C(F)(F)F)C(F)(F)F)cc4C3=O)c(F)c2F)c(F)c1F. The molecule has 34 heteroatoms. The van der Waals surface area contributed by atoms with E-state index < -0.39 is 268 Å². The number of amides is 8. The van der Waals surface area contributed by atoms with Crippen molar-refractivity contribution < 1.29 is 135 Å². The molecule has 0 unspecified atom stereocenters. The molecule has 0 bridgehead atoms. The Hall–Kier alpha value is -10.2. The lowest BCUT2D eigenvalue weighted by Crippen LogP contribution is -2.55. The van der Waals surface area contributed by atoms with Crippen LogP contribution in [-0.2, 0) is 24.6 Å². The normalized spacial score (nSPS) is 15.4. The van der Waals surface area contributed by atoms with Gasteiger partial charge in [0.2, 0.25) is 5.41 Å². The zero-order chi connectivity index (χ0) is 62.8. The maximum Gasteiger partial charge on any atom is 0.411 e. The highest BCUT2D eigenvalue weighted by Crippen LogP contribution is 2.58. The van der Waals surface area contributed by atoms with E-state index in [1.54, 1.807) is 0 Å². The fraction of sp³-hybridized carbons (Fsp3) is 0.0588. The third-order valence-electron chi connectivity index (χ3n) is 13.5. The lowest BCUT2D eigenvalue weighted by molar-refractivity contribution is -0.288. The number of hydrogen-bond acceptors (Lipinski definition) is 8. The summed E-state index contributed by atoms with van der Waals surface area (Å²) in [5.41, 5.74) is -37.0. The molecule has 85 heavy (non-hydrogen) atoms. The highest BCUT2D eigenvalue weighted by Gasteiger charge is 2.73. The predicted octanol–water partition coefficient (Wildman–Crippen LogP) is 11.1. The summed E-state index contributed by atoms with van der Waals surface area (Å²) in [6, 6.07) is -1.68. The minimum atomic E-state index is -6.89. The van der Waals surface area contributed by atoms with Gasteiger partial charge in [0, 0.05) is 24.3 Å². The standard InChI is InChI=1S/C51H10F22N4O8/c52-25-21(26(53)34(61)41(33(25)60)74-17(78)5-6-18(74)79)23-29(56)37(64)43(38(65)30(23)57)76-45(82)13-3-1-11(9-15(13)47(76)84)49(50(68,69)70,51(71,72)73)12-2-4-14-16(10-12)48(85)77(46(14)83)44-39(66)31(58)24(32(59)40(44)67)22-27(54)35(62)42(36(63)28(22)55)75-19(80)7-8-20(75)81/h1-10H. The molecule has 8 amide bonds. The Morgan fingerprint density at radius 2 is 0.459 bits per heavy atom. The molecule has 0 N–H and O–H groups in total. The third-order valence-corrected chi connectivity index (χ3v) is 13.5. The topological polar surface area (TPSA) is 150 Å². The van der Waals surface area contributed by atoms with Crippen LogP contribution in [0.2, 0.25) is 0 Å². The van der Waals surface area contributed by atoms with Gasteiger partial charge in [-0.1, -0.05) is 12.1 Å². The van der Waals surface area contributed by atoms with Gasteiger partial charge in [-0.25, -0.2) is 89.8 Å². The number of rotatable bonds is 8. The molecule has 10 rings (SSSR count). The molecule has 4 heterocycles. The van der Waals surface area contributed by atoms with E-state index in [9.17, 15) is 38.4 Å². The second-order valence-electron chi connectivity index (χ2n) is 17.8. The van der Waals surface area contributed by atoms with Gasteiger partial charge in [-0.15, -0.1) is 0 Å². The van der Waals surface area contributed by atoms with Crippen molar-refractivity contribution in [3.8, 4) is 22.3 Å². The third kappa shape index (κ3) is 7.60. The second kappa shape index (κ2) is 18.9. The first-order valence-electron chi connectivity index (χ1n) is 22.3. The van der Waals surface area contributed by atoms with Gasteiger partial charge in [0.05, 0.1) is 44.5 Å². The van der Waals surface area contributed by atoms with Crippen LogP contribution in [0.1, 0.15) is 52.6 Å². The number of carbonyl (C=O) groups is 8. The summed E-state index contributed by atoms with van der Waals surface area (Å²) in [6.07, 6.45) is -12.4. The number of halogens is 22. The van der Waals surface area contributed by atoms with Gasteiger partial charge < -0.3 is 0 Å². The Morgan fingerprint density at radius 3 is 0.671 bits per heavy atom. The Morgan fingerprint density at radius 1 is 0.259 bits per heavy atom. The average Bonchev–Trinajstić information content (AvgIpc) is 1.78. The van der Waals surface area contributed by atoms with Crippen molar-refractivity contribution in [1.29, 1.82) is 0 Å². The van der Waals surface area contributed by atoms with E-state index in [1.807, 2.05) is 0 Å². The first kappa shape index (κ1) is 58.0. The van der Waals surface area contributed by atoms with Gasteiger partial charge in [-0.2, -0.15) is 26.3 Å². The summed E-state index contributed by atoms with van der Waals surface area (Å²) >= 11 is 0. The second-order valence-corrected chi connectivity index (χ2v) is 17.8. The number of anilines is 4. The van der Waals surface area contributed by atoms with Crippen LogP contribution in [0, 0.1) is 93.1 Å². The smallest absolute Gasteiger partial charge is 0.269 e. The van der Waals surface area contributed by atoms with Crippen molar-refractivity contribution in [2.45, 2.75) is 17.8 Å². The van der Waals surface area contributed by atoms with Gasteiger partial charge in [-0.05, 0) is 35.4 Å². The molecular formula is C51H10F22N4O8. The van der Waals surface area contributed by atoms with E-state index in [0.717, 1.165) is 0 Å². The number of benzene rings is 6. The molecule has 0 aliphatic carbocycles. The van der Waals surface area contributed by atoms with Gasteiger partial charge in [0.25, 0.3) is 47.3 Å². The fourth-order valence-corrected chi connectivity index (χ4v) is 9.72. The molecule has 436 valence electrons. The number of hydrogen-bond donors (Lipinski definition) is 0. The molecule has 4 aliphatic rings. The highest BCUT2D eigenvalue weighted by molar-refractivity contribution is 6.36. The van der Waals surface area contributed by atoms with E-state index in [0.29, 0.717) is 24.3 Å². The van der Waals surface area contributed by atoms with E-state index in [4.69, 9.17) is 0 Å². The first-order chi connectivity index (χ1) is 39.5. The molecule has 0 aromatic heterocycles. The van der Waals surface area contributed by atoms with Crippen molar-refractivity contribution in [2.24, 2.45) is 0 Å². The highest BCUT2D eigenvalue weighted by atomic mass is 19.4. The predicted molar refractivity (Wildman–Crippen MR) is 234 cm³/mol. The molecule has 0 radical (unpaired) electrons. The minimum Gasteiger partial charge on any atom is -0.269 e. The van der Waals surface area contributed by atoms with Gasteiger partial charge in [0.15, 0.2) is 93.1 Å². The number of fused-ring (bicyclic) bond motifs is 2.